The topological polar surface area (TPSA) is 35.2 Å². The first kappa shape index (κ1) is 11.6. The highest BCUT2D eigenvalue weighted by atomic mass is 16.5. The second kappa shape index (κ2) is 5.46. The summed E-state index contributed by atoms with van der Waals surface area (Å²) in [5.41, 5.74) is 8.91. The van der Waals surface area contributed by atoms with Crippen LogP contribution in [0.1, 0.15) is 36.4 Å². The highest BCUT2D eigenvalue weighted by Crippen LogP contribution is 2.28. The third-order valence-electron chi connectivity index (χ3n) is 3.43. The Morgan fingerprint density at radius 3 is 3.00 bits per heavy atom. The van der Waals surface area contributed by atoms with E-state index in [1.165, 1.54) is 17.5 Å². The summed E-state index contributed by atoms with van der Waals surface area (Å²) in [6.07, 6.45) is 3.42. The van der Waals surface area contributed by atoms with Gasteiger partial charge in [0.15, 0.2) is 0 Å². The molecule has 2 nitrogen and oxygen atoms in total. The summed E-state index contributed by atoms with van der Waals surface area (Å²) in [6, 6.07) is 8.73. The van der Waals surface area contributed by atoms with Crippen LogP contribution < -0.4 is 5.73 Å². The van der Waals surface area contributed by atoms with Crippen LogP contribution in [0.4, 0.5) is 0 Å². The predicted octanol–water partition coefficient (Wildman–Crippen LogP) is 2.81. The molecule has 0 radical (unpaired) electrons. The van der Waals surface area contributed by atoms with Crippen LogP contribution >= 0.6 is 0 Å². The fourth-order valence-corrected chi connectivity index (χ4v) is 2.44. The second-order valence-corrected chi connectivity index (χ2v) is 4.74. The molecule has 0 amide bonds. The minimum Gasteiger partial charge on any atom is -0.381 e. The first-order valence-electron chi connectivity index (χ1n) is 6.17. The lowest BCUT2D eigenvalue weighted by Crippen LogP contribution is -2.21. The summed E-state index contributed by atoms with van der Waals surface area (Å²) >= 11 is 0. The number of hydrogen-bond acceptors (Lipinski definition) is 2. The molecule has 0 bridgehead atoms. The van der Waals surface area contributed by atoms with E-state index < -0.39 is 0 Å². The first-order chi connectivity index (χ1) is 7.77. The molecular formula is C14H21NO. The van der Waals surface area contributed by atoms with Gasteiger partial charge in [-0.2, -0.15) is 0 Å². The van der Waals surface area contributed by atoms with Crippen molar-refractivity contribution in [2.45, 2.75) is 32.2 Å². The molecule has 0 saturated carbocycles. The molecule has 1 heterocycles. The summed E-state index contributed by atoms with van der Waals surface area (Å²) < 4.78 is 5.48. The molecule has 2 N–H and O–H groups in total. The van der Waals surface area contributed by atoms with Crippen molar-refractivity contribution in [2.24, 2.45) is 11.7 Å². The van der Waals surface area contributed by atoms with Crippen molar-refractivity contribution >= 4 is 0 Å². The molecule has 2 heteroatoms. The Hall–Kier alpha value is -0.860. The van der Waals surface area contributed by atoms with E-state index in [1.807, 2.05) is 0 Å². The number of benzene rings is 1. The van der Waals surface area contributed by atoms with Gasteiger partial charge in [-0.25, -0.2) is 0 Å². The Kier molecular flexibility index (Phi) is 3.97. The fraction of sp³-hybridized carbons (Fsp3) is 0.571. The average molecular weight is 219 g/mol. The molecular weight excluding hydrogens is 198 g/mol. The maximum Gasteiger partial charge on any atom is 0.0469 e. The van der Waals surface area contributed by atoms with Gasteiger partial charge in [-0.3, -0.25) is 0 Å². The van der Waals surface area contributed by atoms with Crippen LogP contribution in [0.2, 0.25) is 0 Å². The molecule has 1 aliphatic heterocycles. The second-order valence-electron chi connectivity index (χ2n) is 4.74. The molecule has 16 heavy (non-hydrogen) atoms. The molecule has 2 unspecified atom stereocenters. The summed E-state index contributed by atoms with van der Waals surface area (Å²) in [7, 11) is 0. The van der Waals surface area contributed by atoms with Gasteiger partial charge in [-0.15, -0.1) is 0 Å². The third-order valence-corrected chi connectivity index (χ3v) is 3.43. The zero-order chi connectivity index (χ0) is 11.4. The molecule has 2 atom stereocenters. The van der Waals surface area contributed by atoms with Gasteiger partial charge >= 0.3 is 0 Å². The van der Waals surface area contributed by atoms with Crippen LogP contribution in [0, 0.1) is 12.8 Å². The zero-order valence-corrected chi connectivity index (χ0v) is 9.99. The highest BCUT2D eigenvalue weighted by Gasteiger charge is 2.20. The van der Waals surface area contributed by atoms with Gasteiger partial charge in [-0.05, 0) is 37.7 Å². The van der Waals surface area contributed by atoms with E-state index in [-0.39, 0.29) is 6.04 Å². The van der Waals surface area contributed by atoms with Crippen LogP contribution in [-0.2, 0) is 4.74 Å². The largest absolute Gasteiger partial charge is 0.381 e. The molecule has 1 aromatic carbocycles. The maximum atomic E-state index is 6.35. The number of rotatable bonds is 2. The van der Waals surface area contributed by atoms with E-state index in [2.05, 4.69) is 31.2 Å². The molecule has 0 aromatic heterocycles. The SMILES string of the molecule is Cc1cccc(C(N)C2CCCOCC2)c1. The molecule has 88 valence electrons. The van der Waals surface area contributed by atoms with Gasteiger partial charge in [0.2, 0.25) is 0 Å². The Morgan fingerprint density at radius 1 is 1.31 bits per heavy atom. The maximum absolute atomic E-state index is 6.35. The smallest absolute Gasteiger partial charge is 0.0469 e. The summed E-state index contributed by atoms with van der Waals surface area (Å²) in [6.45, 7) is 3.88. The lowest BCUT2D eigenvalue weighted by atomic mass is 9.88. The average Bonchev–Trinajstić information content (AvgIpc) is 2.56. The van der Waals surface area contributed by atoms with Crippen molar-refractivity contribution in [3.63, 3.8) is 0 Å². The van der Waals surface area contributed by atoms with Gasteiger partial charge < -0.3 is 10.5 Å². The third kappa shape index (κ3) is 2.83. The zero-order valence-electron chi connectivity index (χ0n) is 9.99. The van der Waals surface area contributed by atoms with Crippen LogP contribution in [0.5, 0.6) is 0 Å². The van der Waals surface area contributed by atoms with E-state index in [4.69, 9.17) is 10.5 Å². The van der Waals surface area contributed by atoms with Crippen LogP contribution in [0.3, 0.4) is 0 Å². The molecule has 1 fully saturated rings. The molecule has 1 aromatic rings. The van der Waals surface area contributed by atoms with Crippen molar-refractivity contribution in [1.29, 1.82) is 0 Å². The first-order valence-corrected chi connectivity index (χ1v) is 6.17. The standard InChI is InChI=1S/C14H21NO/c1-11-4-2-5-13(10-11)14(15)12-6-3-8-16-9-7-12/h2,4-5,10,12,14H,3,6-9,15H2,1H3. The highest BCUT2D eigenvalue weighted by molar-refractivity contribution is 5.25. The Balaban J connectivity index is 2.07. The van der Waals surface area contributed by atoms with Gasteiger partial charge in [0, 0.05) is 19.3 Å². The number of hydrogen-bond donors (Lipinski definition) is 1. The number of ether oxygens (including phenoxy) is 1. The van der Waals surface area contributed by atoms with E-state index in [0.29, 0.717) is 5.92 Å². The monoisotopic (exact) mass is 219 g/mol. The van der Waals surface area contributed by atoms with Gasteiger partial charge in [0.25, 0.3) is 0 Å². The van der Waals surface area contributed by atoms with Crippen molar-refractivity contribution in [1.82, 2.24) is 0 Å². The van der Waals surface area contributed by atoms with Crippen LogP contribution in [-0.4, -0.2) is 13.2 Å². The molecule has 2 rings (SSSR count). The van der Waals surface area contributed by atoms with Gasteiger partial charge in [-0.1, -0.05) is 29.8 Å². The minimum atomic E-state index is 0.168. The van der Waals surface area contributed by atoms with Crippen molar-refractivity contribution in [3.8, 4) is 0 Å². The summed E-state index contributed by atoms with van der Waals surface area (Å²) in [5.74, 6) is 0.573. The van der Waals surface area contributed by atoms with Crippen LogP contribution in [0.15, 0.2) is 24.3 Å². The van der Waals surface area contributed by atoms with Crippen molar-refractivity contribution in [3.05, 3.63) is 35.4 Å². The Bertz CT molecular complexity index is 329. The minimum absolute atomic E-state index is 0.168. The van der Waals surface area contributed by atoms with E-state index >= 15 is 0 Å². The van der Waals surface area contributed by atoms with Crippen molar-refractivity contribution < 1.29 is 4.74 Å². The van der Waals surface area contributed by atoms with E-state index in [9.17, 15) is 0 Å². The summed E-state index contributed by atoms with van der Waals surface area (Å²) in [5, 5.41) is 0. The summed E-state index contributed by atoms with van der Waals surface area (Å²) in [4.78, 5) is 0. The quantitative estimate of drug-likeness (QED) is 0.830. The lowest BCUT2D eigenvalue weighted by Gasteiger charge is -2.22. The lowest BCUT2D eigenvalue weighted by molar-refractivity contribution is 0.140. The molecule has 1 aliphatic rings. The van der Waals surface area contributed by atoms with Gasteiger partial charge in [0.1, 0.15) is 0 Å². The Labute approximate surface area is 97.8 Å². The van der Waals surface area contributed by atoms with E-state index in [0.717, 1.165) is 26.1 Å². The predicted molar refractivity (Wildman–Crippen MR) is 66.3 cm³/mol. The van der Waals surface area contributed by atoms with Crippen molar-refractivity contribution in [2.75, 3.05) is 13.2 Å². The molecule has 0 spiro atoms. The number of aryl methyl sites for hydroxylation is 1. The molecule has 0 aliphatic carbocycles. The molecule has 1 saturated heterocycles. The van der Waals surface area contributed by atoms with Crippen LogP contribution in [0.25, 0.3) is 0 Å². The Morgan fingerprint density at radius 2 is 2.19 bits per heavy atom. The fourth-order valence-electron chi connectivity index (χ4n) is 2.44. The normalized spacial score (nSPS) is 23.8. The number of nitrogens with two attached hydrogens (primary N) is 1. The van der Waals surface area contributed by atoms with E-state index in [1.54, 1.807) is 0 Å². The van der Waals surface area contributed by atoms with Gasteiger partial charge in [0.05, 0.1) is 0 Å².